The van der Waals surface area contributed by atoms with Gasteiger partial charge in [0.1, 0.15) is 5.69 Å². The second kappa shape index (κ2) is 8.33. The van der Waals surface area contributed by atoms with Crippen molar-refractivity contribution in [3.05, 3.63) is 63.2 Å². The van der Waals surface area contributed by atoms with E-state index < -0.39 is 22.4 Å². The van der Waals surface area contributed by atoms with Crippen molar-refractivity contribution in [3.63, 3.8) is 0 Å². The standard InChI is InChI=1S/C21H22F3N3O3/c1-13-4-3-5-17(14(13)2)25-20(28)15-8-10-26(11-9-15)18-7-6-16(21(22,23)24)12-19(18)27(29)30/h3-7,12,15H,8-11H2,1-2H3,(H,25,28). The Morgan fingerprint density at radius 3 is 2.43 bits per heavy atom. The van der Waals surface area contributed by atoms with E-state index in [9.17, 15) is 28.1 Å². The van der Waals surface area contributed by atoms with Crippen molar-refractivity contribution in [2.75, 3.05) is 23.3 Å². The number of nitro benzene ring substituents is 1. The molecule has 2 aromatic carbocycles. The van der Waals surface area contributed by atoms with E-state index in [-0.39, 0.29) is 17.5 Å². The van der Waals surface area contributed by atoms with Gasteiger partial charge in [-0.3, -0.25) is 14.9 Å². The number of halogens is 3. The summed E-state index contributed by atoms with van der Waals surface area (Å²) in [6.45, 7) is 4.58. The second-order valence-corrected chi connectivity index (χ2v) is 7.46. The van der Waals surface area contributed by atoms with Gasteiger partial charge in [-0.15, -0.1) is 0 Å². The van der Waals surface area contributed by atoms with E-state index in [1.807, 2.05) is 32.0 Å². The average Bonchev–Trinajstić information content (AvgIpc) is 2.70. The highest BCUT2D eigenvalue weighted by molar-refractivity contribution is 5.93. The zero-order chi connectivity index (χ0) is 22.1. The molecule has 0 atom stereocenters. The van der Waals surface area contributed by atoms with Crippen LogP contribution in [0.2, 0.25) is 0 Å². The van der Waals surface area contributed by atoms with Gasteiger partial charge in [-0.1, -0.05) is 12.1 Å². The van der Waals surface area contributed by atoms with Gasteiger partial charge in [0.25, 0.3) is 5.69 Å². The Morgan fingerprint density at radius 1 is 1.17 bits per heavy atom. The van der Waals surface area contributed by atoms with E-state index >= 15 is 0 Å². The first-order valence-electron chi connectivity index (χ1n) is 9.55. The zero-order valence-electron chi connectivity index (χ0n) is 16.6. The molecule has 9 heteroatoms. The van der Waals surface area contributed by atoms with Crippen LogP contribution in [0.25, 0.3) is 0 Å². The van der Waals surface area contributed by atoms with Gasteiger partial charge >= 0.3 is 6.18 Å². The maximum Gasteiger partial charge on any atom is 0.416 e. The molecule has 1 saturated heterocycles. The lowest BCUT2D eigenvalue weighted by atomic mass is 9.94. The number of alkyl halides is 3. The van der Waals surface area contributed by atoms with Gasteiger partial charge in [-0.25, -0.2) is 0 Å². The maximum atomic E-state index is 12.9. The predicted octanol–water partition coefficient (Wildman–Crippen LogP) is 5.09. The van der Waals surface area contributed by atoms with Crippen LogP contribution in [-0.2, 0) is 11.0 Å². The number of nitrogens with one attached hydrogen (secondary N) is 1. The highest BCUT2D eigenvalue weighted by Gasteiger charge is 2.35. The molecule has 1 amide bonds. The fraction of sp³-hybridized carbons (Fsp3) is 0.381. The van der Waals surface area contributed by atoms with E-state index in [1.165, 1.54) is 0 Å². The first-order chi connectivity index (χ1) is 14.1. The number of hydrogen-bond donors (Lipinski definition) is 1. The van der Waals surface area contributed by atoms with E-state index in [1.54, 1.807) is 4.90 Å². The van der Waals surface area contributed by atoms with Gasteiger partial charge in [0.05, 0.1) is 10.5 Å². The monoisotopic (exact) mass is 421 g/mol. The predicted molar refractivity (Wildman–Crippen MR) is 108 cm³/mol. The lowest BCUT2D eigenvalue weighted by Crippen LogP contribution is -2.38. The van der Waals surface area contributed by atoms with Crippen molar-refractivity contribution in [2.45, 2.75) is 32.9 Å². The third kappa shape index (κ3) is 4.55. The lowest BCUT2D eigenvalue weighted by Gasteiger charge is -2.33. The van der Waals surface area contributed by atoms with Crippen LogP contribution >= 0.6 is 0 Å². The molecular weight excluding hydrogens is 399 g/mol. The van der Waals surface area contributed by atoms with E-state index in [4.69, 9.17) is 0 Å². The summed E-state index contributed by atoms with van der Waals surface area (Å²) in [6, 6.07) is 8.21. The molecule has 0 aliphatic carbocycles. The molecule has 0 saturated carbocycles. The molecule has 6 nitrogen and oxygen atoms in total. The molecule has 1 aliphatic heterocycles. The van der Waals surface area contributed by atoms with Crippen molar-refractivity contribution in [1.82, 2.24) is 0 Å². The van der Waals surface area contributed by atoms with E-state index in [2.05, 4.69) is 5.32 Å². The molecule has 1 N–H and O–H groups in total. The normalized spacial score (nSPS) is 15.2. The van der Waals surface area contributed by atoms with Crippen LogP contribution in [0.15, 0.2) is 36.4 Å². The Hall–Kier alpha value is -3.10. The number of nitrogens with zero attached hydrogens (tertiary/aromatic N) is 2. The third-order valence-electron chi connectivity index (χ3n) is 5.57. The van der Waals surface area contributed by atoms with Crippen LogP contribution in [0.1, 0.15) is 29.5 Å². The summed E-state index contributed by atoms with van der Waals surface area (Å²) in [5.41, 5.74) is 1.31. The summed E-state index contributed by atoms with van der Waals surface area (Å²) in [6.07, 6.45) is -3.74. The van der Waals surface area contributed by atoms with Crippen LogP contribution in [0, 0.1) is 29.9 Å². The molecule has 0 bridgehead atoms. The highest BCUT2D eigenvalue weighted by atomic mass is 19.4. The van der Waals surface area contributed by atoms with Gasteiger partial charge < -0.3 is 10.2 Å². The molecule has 30 heavy (non-hydrogen) atoms. The molecule has 1 aliphatic rings. The molecule has 160 valence electrons. The number of nitro groups is 1. The van der Waals surface area contributed by atoms with Crippen molar-refractivity contribution in [3.8, 4) is 0 Å². The van der Waals surface area contributed by atoms with Crippen molar-refractivity contribution in [1.29, 1.82) is 0 Å². The Kier molecular flexibility index (Phi) is 6.00. The summed E-state index contributed by atoms with van der Waals surface area (Å²) in [5.74, 6) is -0.389. The number of rotatable bonds is 4. The Labute approximate surface area is 171 Å². The van der Waals surface area contributed by atoms with Crippen molar-refractivity contribution in [2.24, 2.45) is 5.92 Å². The minimum Gasteiger partial charge on any atom is -0.366 e. The summed E-state index contributed by atoms with van der Waals surface area (Å²) in [4.78, 5) is 24.8. The maximum absolute atomic E-state index is 12.9. The molecule has 1 heterocycles. The van der Waals surface area contributed by atoms with Crippen LogP contribution < -0.4 is 10.2 Å². The van der Waals surface area contributed by atoms with Crippen LogP contribution in [0.4, 0.5) is 30.2 Å². The number of carbonyl (C=O) groups is 1. The smallest absolute Gasteiger partial charge is 0.366 e. The van der Waals surface area contributed by atoms with Crippen molar-refractivity contribution >= 4 is 23.0 Å². The summed E-state index contributed by atoms with van der Waals surface area (Å²) >= 11 is 0. The number of anilines is 2. The topological polar surface area (TPSA) is 75.5 Å². The molecule has 1 fully saturated rings. The van der Waals surface area contributed by atoms with Gasteiger partial charge in [0.15, 0.2) is 0 Å². The number of carbonyl (C=O) groups excluding carboxylic acids is 1. The molecule has 0 unspecified atom stereocenters. The summed E-state index contributed by atoms with van der Waals surface area (Å²) < 4.78 is 38.7. The number of hydrogen-bond acceptors (Lipinski definition) is 4. The fourth-order valence-corrected chi connectivity index (χ4v) is 3.62. The Morgan fingerprint density at radius 2 is 1.83 bits per heavy atom. The minimum atomic E-state index is -4.65. The third-order valence-corrected chi connectivity index (χ3v) is 5.57. The van der Waals surface area contributed by atoms with Crippen LogP contribution in [-0.4, -0.2) is 23.9 Å². The number of benzene rings is 2. The molecule has 3 rings (SSSR count). The van der Waals surface area contributed by atoms with Crippen molar-refractivity contribution < 1.29 is 22.9 Å². The molecule has 0 radical (unpaired) electrons. The van der Waals surface area contributed by atoms with Gasteiger partial charge in [0.2, 0.25) is 5.91 Å². The van der Waals surface area contributed by atoms with Gasteiger partial charge in [0, 0.05) is 30.8 Å². The quantitative estimate of drug-likeness (QED) is 0.551. The van der Waals surface area contributed by atoms with Crippen LogP contribution in [0.5, 0.6) is 0 Å². The number of aryl methyl sites for hydroxylation is 1. The summed E-state index contributed by atoms with van der Waals surface area (Å²) in [5, 5.41) is 14.3. The van der Waals surface area contributed by atoms with E-state index in [0.29, 0.717) is 32.0 Å². The van der Waals surface area contributed by atoms with Gasteiger partial charge in [-0.05, 0) is 56.0 Å². The Bertz CT molecular complexity index is 968. The summed E-state index contributed by atoms with van der Waals surface area (Å²) in [7, 11) is 0. The number of piperidine rings is 1. The molecule has 2 aromatic rings. The first kappa shape index (κ1) is 21.6. The van der Waals surface area contributed by atoms with Crippen LogP contribution in [0.3, 0.4) is 0 Å². The Balaban J connectivity index is 1.70. The zero-order valence-corrected chi connectivity index (χ0v) is 16.6. The largest absolute Gasteiger partial charge is 0.416 e. The SMILES string of the molecule is Cc1cccc(NC(=O)C2CCN(c3ccc(C(F)(F)F)cc3[N+](=O)[O-])CC2)c1C. The van der Waals surface area contributed by atoms with Gasteiger partial charge in [-0.2, -0.15) is 13.2 Å². The molecule has 0 spiro atoms. The highest BCUT2D eigenvalue weighted by Crippen LogP contribution is 2.37. The molecular formula is C21H22F3N3O3. The second-order valence-electron chi connectivity index (χ2n) is 7.46. The number of amides is 1. The lowest BCUT2D eigenvalue weighted by molar-refractivity contribution is -0.384. The fourth-order valence-electron chi connectivity index (χ4n) is 3.62. The van der Waals surface area contributed by atoms with E-state index in [0.717, 1.165) is 28.9 Å². The molecule has 0 aromatic heterocycles. The first-order valence-corrected chi connectivity index (χ1v) is 9.55. The minimum absolute atomic E-state index is 0.120. The average molecular weight is 421 g/mol.